The molecule has 8 heteroatoms. The fraction of sp³-hybridized carbons (Fsp3) is 0.448. The van der Waals surface area contributed by atoms with Gasteiger partial charge in [-0.25, -0.2) is 4.98 Å². The van der Waals surface area contributed by atoms with Gasteiger partial charge >= 0.3 is 6.18 Å². The van der Waals surface area contributed by atoms with Gasteiger partial charge in [-0.2, -0.15) is 18.2 Å². The van der Waals surface area contributed by atoms with Crippen molar-refractivity contribution in [3.05, 3.63) is 65.9 Å². The molecule has 0 unspecified atom stereocenters. The quantitative estimate of drug-likeness (QED) is 0.333. The van der Waals surface area contributed by atoms with Crippen LogP contribution in [0.2, 0.25) is 0 Å². The van der Waals surface area contributed by atoms with Crippen molar-refractivity contribution in [2.75, 3.05) is 10.6 Å². The maximum atomic E-state index is 13.8. The van der Waals surface area contributed by atoms with Crippen molar-refractivity contribution in [2.45, 2.75) is 82.4 Å². The van der Waals surface area contributed by atoms with Crippen LogP contribution in [0.15, 0.2) is 54.7 Å². The van der Waals surface area contributed by atoms with Gasteiger partial charge in [0.15, 0.2) is 0 Å². The largest absolute Gasteiger partial charge is 0.490 e. The van der Waals surface area contributed by atoms with Crippen molar-refractivity contribution in [3.8, 4) is 5.75 Å². The first-order valence-corrected chi connectivity index (χ1v) is 13.3. The Morgan fingerprint density at radius 1 is 0.784 bits per heavy atom. The Morgan fingerprint density at radius 3 is 2.19 bits per heavy atom. The zero-order valence-electron chi connectivity index (χ0n) is 20.9. The summed E-state index contributed by atoms with van der Waals surface area (Å²) in [5.41, 5.74) is 1.50. The molecule has 0 atom stereocenters. The molecular weight excluding hydrogens is 477 g/mol. The molecule has 0 amide bonds. The molecule has 3 aromatic rings. The summed E-state index contributed by atoms with van der Waals surface area (Å²) in [6, 6.07) is 15.0. The van der Waals surface area contributed by atoms with E-state index in [1.807, 2.05) is 36.4 Å². The van der Waals surface area contributed by atoms with Crippen LogP contribution < -0.4 is 15.4 Å². The van der Waals surface area contributed by atoms with Crippen LogP contribution in [0.5, 0.6) is 5.75 Å². The Hall–Kier alpha value is -3.29. The molecule has 2 N–H and O–H groups in total. The lowest BCUT2D eigenvalue weighted by Crippen LogP contribution is -2.19. The molecule has 5 rings (SSSR count). The minimum atomic E-state index is -4.58. The molecule has 2 aromatic carbocycles. The van der Waals surface area contributed by atoms with E-state index in [1.165, 1.54) is 38.5 Å². The van der Waals surface area contributed by atoms with Gasteiger partial charge in [-0.1, -0.05) is 37.8 Å². The maximum Gasteiger partial charge on any atom is 0.421 e. The van der Waals surface area contributed by atoms with Crippen molar-refractivity contribution >= 4 is 23.1 Å². The monoisotopic (exact) mass is 510 g/mol. The zero-order chi connectivity index (χ0) is 25.7. The normalized spacial score (nSPS) is 17.4. The topological polar surface area (TPSA) is 59.1 Å². The number of rotatable bonds is 7. The number of aromatic nitrogens is 2. The second kappa shape index (κ2) is 11.4. The highest BCUT2D eigenvalue weighted by atomic mass is 19.4. The predicted molar refractivity (Wildman–Crippen MR) is 140 cm³/mol. The molecule has 0 radical (unpaired) electrons. The maximum absolute atomic E-state index is 13.8. The number of benzene rings is 2. The van der Waals surface area contributed by atoms with Crippen LogP contribution in [0, 0.1) is 0 Å². The first-order chi connectivity index (χ1) is 17.9. The lowest BCUT2D eigenvalue weighted by molar-refractivity contribution is -0.137. The minimum absolute atomic E-state index is 0.0832. The van der Waals surface area contributed by atoms with Gasteiger partial charge in [0, 0.05) is 17.6 Å². The van der Waals surface area contributed by atoms with E-state index in [1.54, 1.807) is 6.07 Å². The molecule has 0 spiro atoms. The summed E-state index contributed by atoms with van der Waals surface area (Å²) in [5.74, 6) is 1.04. The van der Waals surface area contributed by atoms with Crippen LogP contribution >= 0.6 is 0 Å². The van der Waals surface area contributed by atoms with E-state index in [-0.39, 0.29) is 17.9 Å². The number of alkyl halides is 3. The number of nitrogens with one attached hydrogen (secondary N) is 2. The van der Waals surface area contributed by atoms with E-state index < -0.39 is 11.7 Å². The first kappa shape index (κ1) is 25.4. The summed E-state index contributed by atoms with van der Waals surface area (Å²) >= 11 is 0. The van der Waals surface area contributed by atoms with E-state index in [4.69, 9.17) is 4.74 Å². The predicted octanol–water partition coefficient (Wildman–Crippen LogP) is 8.74. The molecule has 1 heterocycles. The second-order valence-electron chi connectivity index (χ2n) is 10.1. The van der Waals surface area contributed by atoms with Gasteiger partial charge in [0.2, 0.25) is 5.95 Å². The summed E-state index contributed by atoms with van der Waals surface area (Å²) in [4.78, 5) is 8.14. The molecule has 5 nitrogen and oxygen atoms in total. The molecule has 2 fully saturated rings. The van der Waals surface area contributed by atoms with Gasteiger partial charge in [0.1, 0.15) is 17.1 Å². The van der Waals surface area contributed by atoms with Crippen LogP contribution in [0.3, 0.4) is 0 Å². The third kappa shape index (κ3) is 6.73. The van der Waals surface area contributed by atoms with Crippen molar-refractivity contribution in [3.63, 3.8) is 0 Å². The zero-order valence-corrected chi connectivity index (χ0v) is 20.9. The van der Waals surface area contributed by atoms with E-state index in [2.05, 4.69) is 26.7 Å². The van der Waals surface area contributed by atoms with Crippen molar-refractivity contribution in [2.24, 2.45) is 0 Å². The molecule has 2 aliphatic rings. The Morgan fingerprint density at radius 2 is 1.49 bits per heavy atom. The van der Waals surface area contributed by atoms with Crippen molar-refractivity contribution in [1.29, 1.82) is 0 Å². The van der Waals surface area contributed by atoms with Crippen LogP contribution in [0.4, 0.5) is 36.3 Å². The smallest absolute Gasteiger partial charge is 0.421 e. The highest BCUT2D eigenvalue weighted by Gasteiger charge is 2.35. The van der Waals surface area contributed by atoms with Crippen LogP contribution in [-0.4, -0.2) is 16.1 Å². The summed E-state index contributed by atoms with van der Waals surface area (Å²) in [6.45, 7) is 0. The molecule has 1 aromatic heterocycles. The number of hydrogen-bond acceptors (Lipinski definition) is 5. The fourth-order valence-corrected chi connectivity index (χ4v) is 5.31. The Bertz CT molecular complexity index is 1170. The van der Waals surface area contributed by atoms with Gasteiger partial charge in [-0.15, -0.1) is 0 Å². The molecular formula is C29H33F3N4O. The number of halogens is 3. The lowest BCUT2D eigenvalue weighted by atomic mass is 9.84. The van der Waals surface area contributed by atoms with Gasteiger partial charge in [-0.3, -0.25) is 0 Å². The second-order valence-corrected chi connectivity index (χ2v) is 10.1. The number of hydrogen-bond donors (Lipinski definition) is 2. The molecule has 0 aliphatic heterocycles. The number of ether oxygens (including phenoxy) is 1. The minimum Gasteiger partial charge on any atom is -0.490 e. The Kier molecular flexibility index (Phi) is 7.82. The van der Waals surface area contributed by atoms with Gasteiger partial charge in [-0.05, 0) is 86.4 Å². The third-order valence-corrected chi connectivity index (χ3v) is 7.29. The molecule has 2 saturated carbocycles. The molecule has 37 heavy (non-hydrogen) atoms. The lowest BCUT2D eigenvalue weighted by Gasteiger charge is -2.23. The van der Waals surface area contributed by atoms with Crippen LogP contribution in [0.25, 0.3) is 0 Å². The van der Waals surface area contributed by atoms with Gasteiger partial charge in [0.05, 0.1) is 6.10 Å². The molecule has 196 valence electrons. The highest BCUT2D eigenvalue weighted by Crippen LogP contribution is 2.37. The van der Waals surface area contributed by atoms with Gasteiger partial charge < -0.3 is 15.4 Å². The van der Waals surface area contributed by atoms with E-state index in [9.17, 15) is 13.2 Å². The summed E-state index contributed by atoms with van der Waals surface area (Å²) in [5, 5.41) is 5.93. The van der Waals surface area contributed by atoms with E-state index in [0.717, 1.165) is 43.2 Å². The van der Waals surface area contributed by atoms with Crippen molar-refractivity contribution in [1.82, 2.24) is 9.97 Å². The molecule has 0 saturated heterocycles. The van der Waals surface area contributed by atoms with Crippen molar-refractivity contribution < 1.29 is 17.9 Å². The SMILES string of the molecule is FC(F)(F)c1cnc(Nc2ccc(OC3CCCCC3)cc2)nc1Nc1cccc(C2CCCCC2)c1. The average molecular weight is 511 g/mol. The molecule has 2 aliphatic carbocycles. The summed E-state index contributed by atoms with van der Waals surface area (Å²) in [6.07, 6.45) is 8.12. The van der Waals surface area contributed by atoms with E-state index >= 15 is 0 Å². The van der Waals surface area contributed by atoms with Crippen LogP contribution in [0.1, 0.15) is 81.3 Å². The Balaban J connectivity index is 1.32. The first-order valence-electron chi connectivity index (χ1n) is 13.3. The molecule has 0 bridgehead atoms. The van der Waals surface area contributed by atoms with Crippen LogP contribution in [-0.2, 0) is 6.18 Å². The number of anilines is 4. The summed E-state index contributed by atoms with van der Waals surface area (Å²) < 4.78 is 47.3. The highest BCUT2D eigenvalue weighted by molar-refractivity contribution is 5.63. The van der Waals surface area contributed by atoms with E-state index in [0.29, 0.717) is 17.3 Å². The Labute approximate surface area is 215 Å². The third-order valence-electron chi connectivity index (χ3n) is 7.29. The summed E-state index contributed by atoms with van der Waals surface area (Å²) in [7, 11) is 0. The fourth-order valence-electron chi connectivity index (χ4n) is 5.31. The standard InChI is InChI=1S/C29H33F3N4O/c30-29(31,32)26-19-33-28(35-22-14-16-25(17-15-22)37-24-12-5-2-6-13-24)36-27(26)34-23-11-7-10-21(18-23)20-8-3-1-4-9-20/h7,10-11,14-20,24H,1-6,8-9,12-13H2,(H2,33,34,35,36). The average Bonchev–Trinajstić information content (AvgIpc) is 2.91. The van der Waals surface area contributed by atoms with Gasteiger partial charge in [0.25, 0.3) is 0 Å². The number of nitrogens with zero attached hydrogens (tertiary/aromatic N) is 2.